The summed E-state index contributed by atoms with van der Waals surface area (Å²) in [5.74, 6) is 0.0432. The number of carbonyl (C=O) groups is 1. The maximum Gasteiger partial charge on any atom is 0.238 e. The van der Waals surface area contributed by atoms with Crippen LogP contribution in [0.1, 0.15) is 12.8 Å². The lowest BCUT2D eigenvalue weighted by molar-refractivity contribution is -0.113. The van der Waals surface area contributed by atoms with Crippen molar-refractivity contribution in [2.24, 2.45) is 5.14 Å². The van der Waals surface area contributed by atoms with E-state index in [4.69, 9.17) is 17.4 Å². The number of hydrogen-bond donors (Lipinski definition) is 2. The van der Waals surface area contributed by atoms with Crippen LogP contribution in [0.3, 0.4) is 0 Å². The van der Waals surface area contributed by atoms with Crippen molar-refractivity contribution >= 4 is 49.9 Å². The number of primary sulfonamides is 1. The van der Waals surface area contributed by atoms with Gasteiger partial charge in [0.1, 0.15) is 4.32 Å². The Hall–Kier alpha value is -1.16. The van der Waals surface area contributed by atoms with Gasteiger partial charge in [-0.1, -0.05) is 24.0 Å². The van der Waals surface area contributed by atoms with Gasteiger partial charge >= 0.3 is 0 Å². The first-order chi connectivity index (χ1) is 10.4. The topological polar surface area (TPSA) is 92.5 Å². The van der Waals surface area contributed by atoms with E-state index in [0.29, 0.717) is 5.69 Å². The van der Waals surface area contributed by atoms with Crippen molar-refractivity contribution in [1.82, 2.24) is 4.90 Å². The minimum atomic E-state index is -3.72. The van der Waals surface area contributed by atoms with Crippen LogP contribution >= 0.6 is 24.0 Å². The van der Waals surface area contributed by atoms with Crippen LogP contribution < -0.4 is 10.5 Å². The number of rotatable bonds is 4. The molecular weight excluding hydrogens is 342 g/mol. The van der Waals surface area contributed by atoms with Crippen molar-refractivity contribution in [3.8, 4) is 0 Å². The molecule has 1 aromatic carbocycles. The summed E-state index contributed by atoms with van der Waals surface area (Å²) in [6, 6.07) is 5.71. The highest BCUT2D eigenvalue weighted by Crippen LogP contribution is 2.17. The third kappa shape index (κ3) is 4.94. The molecule has 0 aliphatic carbocycles. The van der Waals surface area contributed by atoms with E-state index in [2.05, 4.69) is 10.2 Å². The second-order valence-electron chi connectivity index (χ2n) is 4.87. The van der Waals surface area contributed by atoms with Gasteiger partial charge in [-0.3, -0.25) is 4.79 Å². The van der Waals surface area contributed by atoms with Crippen LogP contribution in [0.4, 0.5) is 5.69 Å². The van der Waals surface area contributed by atoms with Crippen molar-refractivity contribution in [2.75, 3.05) is 24.2 Å². The molecule has 0 atom stereocenters. The molecule has 1 aliphatic heterocycles. The monoisotopic (exact) mass is 359 g/mol. The quantitative estimate of drug-likeness (QED) is 0.789. The lowest BCUT2D eigenvalue weighted by Gasteiger charge is -2.17. The van der Waals surface area contributed by atoms with Crippen molar-refractivity contribution in [3.05, 3.63) is 24.3 Å². The van der Waals surface area contributed by atoms with Gasteiger partial charge in [-0.2, -0.15) is 0 Å². The second kappa shape index (κ2) is 7.40. The molecule has 9 heteroatoms. The highest BCUT2D eigenvalue weighted by Gasteiger charge is 2.16. The Morgan fingerprint density at radius 1 is 1.27 bits per heavy atom. The highest BCUT2D eigenvalue weighted by molar-refractivity contribution is 8.23. The highest BCUT2D eigenvalue weighted by atomic mass is 32.2. The number of benzene rings is 1. The van der Waals surface area contributed by atoms with E-state index in [-0.39, 0.29) is 16.6 Å². The molecule has 6 nitrogen and oxygen atoms in total. The lowest BCUT2D eigenvalue weighted by atomic mass is 10.3. The Kier molecular flexibility index (Phi) is 5.79. The molecule has 1 saturated heterocycles. The van der Waals surface area contributed by atoms with Gasteiger partial charge in [-0.05, 0) is 37.1 Å². The Balaban J connectivity index is 1.83. The summed E-state index contributed by atoms with van der Waals surface area (Å²) < 4.78 is 23.0. The van der Waals surface area contributed by atoms with E-state index < -0.39 is 10.0 Å². The van der Waals surface area contributed by atoms with Crippen LogP contribution in [-0.2, 0) is 14.8 Å². The number of nitrogens with one attached hydrogen (secondary N) is 1. The van der Waals surface area contributed by atoms with Crippen LogP contribution in [0, 0.1) is 0 Å². The number of hydrogen-bond acceptors (Lipinski definition) is 5. The first kappa shape index (κ1) is 17.2. The van der Waals surface area contributed by atoms with Crippen LogP contribution in [-0.4, -0.2) is 42.4 Å². The van der Waals surface area contributed by atoms with Gasteiger partial charge < -0.3 is 10.2 Å². The molecule has 1 aromatic rings. The van der Waals surface area contributed by atoms with E-state index in [9.17, 15) is 13.2 Å². The molecule has 1 amide bonds. The van der Waals surface area contributed by atoms with Crippen molar-refractivity contribution in [3.63, 3.8) is 0 Å². The largest absolute Gasteiger partial charge is 0.358 e. The Morgan fingerprint density at radius 2 is 1.86 bits per heavy atom. The van der Waals surface area contributed by atoms with Gasteiger partial charge in [-0.25, -0.2) is 13.6 Å². The van der Waals surface area contributed by atoms with Gasteiger partial charge in [0, 0.05) is 18.8 Å². The zero-order valence-electron chi connectivity index (χ0n) is 11.8. The maximum absolute atomic E-state index is 11.9. The molecule has 0 unspecified atom stereocenters. The number of nitrogens with two attached hydrogens (primary N) is 1. The second-order valence-corrected chi connectivity index (χ2v) is 8.04. The van der Waals surface area contributed by atoms with Gasteiger partial charge in [0.25, 0.3) is 0 Å². The number of carbonyl (C=O) groups excluding carboxylic acids is 1. The Labute approximate surface area is 139 Å². The number of thiocarbonyl (C=S) groups is 1. The number of nitrogens with zero attached hydrogens (tertiary/aromatic N) is 1. The minimum Gasteiger partial charge on any atom is -0.358 e. The summed E-state index contributed by atoms with van der Waals surface area (Å²) in [6.07, 6.45) is 2.28. The van der Waals surface area contributed by atoms with Crippen molar-refractivity contribution in [1.29, 1.82) is 0 Å². The molecule has 1 aliphatic rings. The number of amides is 1. The fourth-order valence-electron chi connectivity index (χ4n) is 2.04. The molecule has 2 rings (SSSR count). The zero-order valence-corrected chi connectivity index (χ0v) is 14.3. The summed E-state index contributed by atoms with van der Waals surface area (Å²) in [5.41, 5.74) is 0.519. The lowest BCUT2D eigenvalue weighted by Crippen LogP contribution is -2.25. The maximum atomic E-state index is 11.9. The predicted octanol–water partition coefficient (Wildman–Crippen LogP) is 1.39. The van der Waals surface area contributed by atoms with E-state index in [1.54, 1.807) is 0 Å². The van der Waals surface area contributed by atoms with Crippen LogP contribution in [0.2, 0.25) is 0 Å². The van der Waals surface area contributed by atoms with Crippen molar-refractivity contribution in [2.45, 2.75) is 17.7 Å². The molecule has 120 valence electrons. The summed E-state index contributed by atoms with van der Waals surface area (Å²) in [7, 11) is -3.72. The van der Waals surface area contributed by atoms with Crippen LogP contribution in [0.5, 0.6) is 0 Å². The molecule has 0 saturated carbocycles. The summed E-state index contributed by atoms with van der Waals surface area (Å²) in [4.78, 5) is 14.0. The fraction of sp³-hybridized carbons (Fsp3) is 0.385. The average molecular weight is 359 g/mol. The van der Waals surface area contributed by atoms with Gasteiger partial charge in [0.15, 0.2) is 0 Å². The summed E-state index contributed by atoms with van der Waals surface area (Å²) >= 11 is 6.62. The van der Waals surface area contributed by atoms with Gasteiger partial charge in [0.2, 0.25) is 15.9 Å². The molecule has 22 heavy (non-hydrogen) atoms. The third-order valence-corrected chi connectivity index (χ3v) is 5.61. The van der Waals surface area contributed by atoms with E-state index in [1.807, 2.05) is 0 Å². The molecular formula is C13H17N3O3S3. The Morgan fingerprint density at radius 3 is 2.41 bits per heavy atom. The minimum absolute atomic E-state index is 0.00934. The normalized spacial score (nSPS) is 14.9. The van der Waals surface area contributed by atoms with Gasteiger partial charge in [-0.15, -0.1) is 0 Å². The number of thioether (sulfide) groups is 1. The summed E-state index contributed by atoms with van der Waals surface area (Å²) in [6.45, 7) is 1.92. The first-order valence-electron chi connectivity index (χ1n) is 6.71. The number of likely N-dealkylation sites (tertiary alicyclic amines) is 1. The van der Waals surface area contributed by atoms with E-state index in [0.717, 1.165) is 30.3 Å². The fourth-order valence-corrected chi connectivity index (χ4v) is 3.61. The molecule has 0 spiro atoms. The molecule has 0 radical (unpaired) electrons. The molecule has 0 aromatic heterocycles. The van der Waals surface area contributed by atoms with Crippen LogP contribution in [0.25, 0.3) is 0 Å². The van der Waals surface area contributed by atoms with Crippen molar-refractivity contribution < 1.29 is 13.2 Å². The average Bonchev–Trinajstić information content (AvgIpc) is 2.98. The smallest absolute Gasteiger partial charge is 0.238 e. The summed E-state index contributed by atoms with van der Waals surface area (Å²) in [5, 5.41) is 7.70. The van der Waals surface area contributed by atoms with Crippen LogP contribution in [0.15, 0.2) is 29.2 Å². The SMILES string of the molecule is NS(=O)(=O)c1ccc(NC(=O)CSC(=S)N2CCCC2)cc1. The Bertz CT molecular complexity index is 653. The standard InChI is InChI=1S/C13H17N3O3S3/c14-22(18,19)11-5-3-10(4-6-11)15-12(17)9-21-13(20)16-7-1-2-8-16/h3-6H,1-2,7-9H2,(H,15,17)(H2,14,18,19). The number of anilines is 1. The molecule has 1 fully saturated rings. The third-order valence-electron chi connectivity index (χ3n) is 3.16. The zero-order chi connectivity index (χ0) is 16.2. The van der Waals surface area contributed by atoms with E-state index >= 15 is 0 Å². The molecule has 1 heterocycles. The van der Waals surface area contributed by atoms with E-state index in [1.165, 1.54) is 36.0 Å². The molecule has 3 N–H and O–H groups in total. The first-order valence-corrected chi connectivity index (χ1v) is 9.65. The molecule has 0 bridgehead atoms. The predicted molar refractivity (Wildman–Crippen MR) is 92.3 cm³/mol. The number of sulfonamides is 1. The van der Waals surface area contributed by atoms with Gasteiger partial charge in [0.05, 0.1) is 10.6 Å².